The Labute approximate surface area is 121 Å². The Balaban J connectivity index is 1.79. The molecule has 21 heavy (non-hydrogen) atoms. The van der Waals surface area contributed by atoms with Crippen molar-refractivity contribution >= 4 is 22.5 Å². The number of aryl methyl sites for hydroxylation is 1. The number of benzene rings is 2. The second-order valence-electron chi connectivity index (χ2n) is 5.10. The number of hydrogen-bond acceptors (Lipinski definition) is 1. The number of anilines is 1. The van der Waals surface area contributed by atoms with Crippen molar-refractivity contribution in [1.29, 1.82) is 0 Å². The number of carbonyl (C=O) groups excluding carboxylic acids is 1. The van der Waals surface area contributed by atoms with E-state index < -0.39 is 0 Å². The van der Waals surface area contributed by atoms with Crippen molar-refractivity contribution in [2.24, 2.45) is 0 Å². The van der Waals surface area contributed by atoms with Gasteiger partial charge in [-0.05, 0) is 48.4 Å². The van der Waals surface area contributed by atoms with Crippen molar-refractivity contribution in [3.05, 3.63) is 65.6 Å². The number of hydrogen-bond donors (Lipinski definition) is 2. The number of nitrogens with one attached hydrogen (secondary N) is 2. The molecular weight excluding hydrogens is 267 g/mol. The number of carbonyl (C=O) groups is 1. The minimum atomic E-state index is -0.303. The molecule has 1 aromatic heterocycles. The summed E-state index contributed by atoms with van der Waals surface area (Å²) >= 11 is 0. The zero-order valence-electron chi connectivity index (χ0n) is 11.6. The molecule has 0 atom stereocenters. The fraction of sp³-hybridized carbons (Fsp3) is 0.118. The van der Waals surface area contributed by atoms with Crippen LogP contribution in [-0.2, 0) is 11.2 Å². The zero-order chi connectivity index (χ0) is 14.8. The summed E-state index contributed by atoms with van der Waals surface area (Å²) in [6.07, 6.45) is 1.96. The molecule has 1 amide bonds. The minimum Gasteiger partial charge on any atom is -0.361 e. The molecule has 0 saturated carbocycles. The molecular formula is C17H15FN2O. The summed E-state index contributed by atoms with van der Waals surface area (Å²) in [7, 11) is 0. The molecule has 0 bridgehead atoms. The molecule has 3 rings (SSSR count). The first-order chi connectivity index (χ1) is 10.1. The molecule has 0 fully saturated rings. The SMILES string of the molecule is Cc1cccc(NC(=O)Cc2c[nH]c3ccc(F)cc23)c1. The van der Waals surface area contributed by atoms with Crippen molar-refractivity contribution in [2.75, 3.05) is 5.32 Å². The molecule has 0 aliphatic carbocycles. The number of halogens is 1. The van der Waals surface area contributed by atoms with Crippen LogP contribution in [0.4, 0.5) is 10.1 Å². The topological polar surface area (TPSA) is 44.9 Å². The van der Waals surface area contributed by atoms with E-state index in [0.29, 0.717) is 0 Å². The number of amides is 1. The number of H-pyrrole nitrogens is 1. The maximum absolute atomic E-state index is 13.3. The maximum atomic E-state index is 13.3. The second-order valence-corrected chi connectivity index (χ2v) is 5.10. The highest BCUT2D eigenvalue weighted by molar-refractivity contribution is 5.95. The van der Waals surface area contributed by atoms with Crippen LogP contribution in [0.15, 0.2) is 48.7 Å². The van der Waals surface area contributed by atoms with E-state index in [1.54, 1.807) is 12.3 Å². The molecule has 0 spiro atoms. The minimum absolute atomic E-state index is 0.120. The van der Waals surface area contributed by atoms with Gasteiger partial charge in [0.05, 0.1) is 6.42 Å². The van der Waals surface area contributed by atoms with Gasteiger partial charge in [-0.3, -0.25) is 4.79 Å². The summed E-state index contributed by atoms with van der Waals surface area (Å²) in [4.78, 5) is 15.1. The standard InChI is InChI=1S/C17H15FN2O/c1-11-3-2-4-14(7-11)20-17(21)8-12-10-19-16-6-5-13(18)9-15(12)16/h2-7,9-10,19H,8H2,1H3,(H,20,21). The van der Waals surface area contributed by atoms with Crippen molar-refractivity contribution in [1.82, 2.24) is 4.98 Å². The normalized spacial score (nSPS) is 10.8. The number of aromatic nitrogens is 1. The molecule has 1 heterocycles. The highest BCUT2D eigenvalue weighted by atomic mass is 19.1. The van der Waals surface area contributed by atoms with Crippen LogP contribution < -0.4 is 5.32 Å². The van der Waals surface area contributed by atoms with Gasteiger partial charge in [0.15, 0.2) is 0 Å². The summed E-state index contributed by atoms with van der Waals surface area (Å²) < 4.78 is 13.3. The van der Waals surface area contributed by atoms with E-state index in [2.05, 4.69) is 10.3 Å². The predicted octanol–water partition coefficient (Wildman–Crippen LogP) is 3.80. The fourth-order valence-electron chi connectivity index (χ4n) is 2.40. The van der Waals surface area contributed by atoms with Gasteiger partial charge in [0.1, 0.15) is 5.82 Å². The van der Waals surface area contributed by atoms with Gasteiger partial charge < -0.3 is 10.3 Å². The van der Waals surface area contributed by atoms with Gasteiger partial charge in [-0.25, -0.2) is 4.39 Å². The number of rotatable bonds is 3. The van der Waals surface area contributed by atoms with Gasteiger partial charge in [0.2, 0.25) is 5.91 Å². The highest BCUT2D eigenvalue weighted by Gasteiger charge is 2.10. The van der Waals surface area contributed by atoms with Crippen molar-refractivity contribution < 1.29 is 9.18 Å². The van der Waals surface area contributed by atoms with E-state index in [0.717, 1.165) is 27.7 Å². The highest BCUT2D eigenvalue weighted by Crippen LogP contribution is 2.20. The van der Waals surface area contributed by atoms with Crippen molar-refractivity contribution in [2.45, 2.75) is 13.3 Å². The Kier molecular flexibility index (Phi) is 3.44. The number of fused-ring (bicyclic) bond motifs is 1. The Bertz CT molecular complexity index is 807. The van der Waals surface area contributed by atoms with Crippen LogP contribution in [0.25, 0.3) is 10.9 Å². The smallest absolute Gasteiger partial charge is 0.228 e. The van der Waals surface area contributed by atoms with Gasteiger partial charge in [0.25, 0.3) is 0 Å². The van der Waals surface area contributed by atoms with Gasteiger partial charge in [-0.1, -0.05) is 12.1 Å². The van der Waals surface area contributed by atoms with E-state index >= 15 is 0 Å². The predicted molar refractivity (Wildman–Crippen MR) is 81.8 cm³/mol. The Hall–Kier alpha value is -2.62. The molecule has 2 N–H and O–H groups in total. The molecule has 4 heteroatoms. The molecule has 0 saturated heterocycles. The molecule has 0 radical (unpaired) electrons. The first kappa shape index (κ1) is 13.4. The monoisotopic (exact) mass is 282 g/mol. The Morgan fingerprint density at radius 2 is 2.10 bits per heavy atom. The van der Waals surface area contributed by atoms with Gasteiger partial charge in [0, 0.05) is 22.8 Å². The quantitative estimate of drug-likeness (QED) is 0.754. The third kappa shape index (κ3) is 2.94. The van der Waals surface area contributed by atoms with Crippen LogP contribution in [0.1, 0.15) is 11.1 Å². The lowest BCUT2D eigenvalue weighted by atomic mass is 10.1. The molecule has 0 unspecified atom stereocenters. The molecule has 0 aliphatic rings. The molecule has 3 aromatic rings. The fourth-order valence-corrected chi connectivity index (χ4v) is 2.40. The largest absolute Gasteiger partial charge is 0.361 e. The van der Waals surface area contributed by atoms with Crippen LogP contribution in [0.3, 0.4) is 0 Å². The molecule has 2 aromatic carbocycles. The summed E-state index contributed by atoms with van der Waals surface area (Å²) in [5.41, 5.74) is 3.47. The van der Waals surface area contributed by atoms with Crippen LogP contribution >= 0.6 is 0 Å². The maximum Gasteiger partial charge on any atom is 0.228 e. The van der Waals surface area contributed by atoms with E-state index in [1.165, 1.54) is 12.1 Å². The number of aromatic amines is 1. The summed E-state index contributed by atoms with van der Waals surface area (Å²) in [5.74, 6) is -0.423. The van der Waals surface area contributed by atoms with Crippen molar-refractivity contribution in [3.63, 3.8) is 0 Å². The average Bonchev–Trinajstić information content (AvgIpc) is 2.81. The van der Waals surface area contributed by atoms with Crippen LogP contribution in [0.2, 0.25) is 0 Å². The van der Waals surface area contributed by atoms with Crippen molar-refractivity contribution in [3.8, 4) is 0 Å². The Morgan fingerprint density at radius 3 is 2.90 bits per heavy atom. The van der Waals surface area contributed by atoms with Gasteiger partial charge in [-0.2, -0.15) is 0 Å². The van der Waals surface area contributed by atoms with Crippen LogP contribution in [0, 0.1) is 12.7 Å². The first-order valence-corrected chi connectivity index (χ1v) is 6.74. The van der Waals surface area contributed by atoms with E-state index in [9.17, 15) is 9.18 Å². The lowest BCUT2D eigenvalue weighted by Gasteiger charge is -2.05. The second kappa shape index (κ2) is 5.40. The molecule has 3 nitrogen and oxygen atoms in total. The van der Waals surface area contributed by atoms with E-state index in [1.807, 2.05) is 31.2 Å². The lowest BCUT2D eigenvalue weighted by Crippen LogP contribution is -2.14. The lowest BCUT2D eigenvalue weighted by molar-refractivity contribution is -0.115. The molecule has 106 valence electrons. The zero-order valence-corrected chi connectivity index (χ0v) is 11.6. The summed E-state index contributed by atoms with van der Waals surface area (Å²) in [6, 6.07) is 12.1. The van der Waals surface area contributed by atoms with Crippen LogP contribution in [0.5, 0.6) is 0 Å². The average molecular weight is 282 g/mol. The third-order valence-corrected chi connectivity index (χ3v) is 3.38. The molecule has 0 aliphatic heterocycles. The third-order valence-electron chi connectivity index (χ3n) is 3.38. The van der Waals surface area contributed by atoms with E-state index in [4.69, 9.17) is 0 Å². The first-order valence-electron chi connectivity index (χ1n) is 6.74. The van der Waals surface area contributed by atoms with Gasteiger partial charge in [-0.15, -0.1) is 0 Å². The van der Waals surface area contributed by atoms with Gasteiger partial charge >= 0.3 is 0 Å². The van der Waals surface area contributed by atoms with Crippen LogP contribution in [-0.4, -0.2) is 10.9 Å². The van der Waals surface area contributed by atoms with E-state index in [-0.39, 0.29) is 18.1 Å². The summed E-state index contributed by atoms with van der Waals surface area (Å²) in [5, 5.41) is 3.60. The Morgan fingerprint density at radius 1 is 1.24 bits per heavy atom. The summed E-state index contributed by atoms with van der Waals surface area (Å²) in [6.45, 7) is 1.97.